The Morgan fingerprint density at radius 1 is 1.62 bits per heavy atom. The minimum absolute atomic E-state index is 0.164. The van der Waals surface area contributed by atoms with Gasteiger partial charge >= 0.3 is 0 Å². The highest BCUT2D eigenvalue weighted by atomic mass is 32.1. The predicted octanol–water partition coefficient (Wildman–Crippen LogP) is 1.74. The molecule has 1 aromatic rings. The molecule has 0 saturated heterocycles. The molecular formula is C10H12O2S. The van der Waals surface area contributed by atoms with E-state index in [1.807, 2.05) is 24.3 Å². The first-order chi connectivity index (χ1) is 6.09. The molecule has 2 nitrogen and oxygen atoms in total. The quantitative estimate of drug-likeness (QED) is 0.722. The lowest BCUT2D eigenvalue weighted by Gasteiger charge is -2.05. The number of thiol groups is 1. The molecule has 1 unspecified atom stereocenters. The van der Waals surface area contributed by atoms with Crippen LogP contribution in [-0.2, 0) is 11.2 Å². The molecule has 0 aliphatic heterocycles. The van der Waals surface area contributed by atoms with Crippen LogP contribution in [0.5, 0.6) is 0 Å². The van der Waals surface area contributed by atoms with Crippen molar-refractivity contribution in [3.05, 3.63) is 35.4 Å². The van der Waals surface area contributed by atoms with Gasteiger partial charge in [0.25, 0.3) is 0 Å². The topological polar surface area (TPSA) is 37.3 Å². The van der Waals surface area contributed by atoms with E-state index in [0.29, 0.717) is 6.42 Å². The van der Waals surface area contributed by atoms with Gasteiger partial charge in [-0.1, -0.05) is 24.3 Å². The molecule has 1 N–H and O–H groups in total. The van der Waals surface area contributed by atoms with Crippen molar-refractivity contribution in [1.29, 1.82) is 0 Å². The zero-order valence-electron chi connectivity index (χ0n) is 7.40. The molecule has 0 spiro atoms. The second kappa shape index (κ2) is 4.44. The van der Waals surface area contributed by atoms with Crippen LogP contribution in [0, 0.1) is 0 Å². The first kappa shape index (κ1) is 10.3. The Hall–Kier alpha value is -0.800. The molecular weight excluding hydrogens is 184 g/mol. The van der Waals surface area contributed by atoms with Gasteiger partial charge in [0.15, 0.2) is 5.12 Å². The molecule has 0 fully saturated rings. The van der Waals surface area contributed by atoms with Crippen LogP contribution >= 0.6 is 12.6 Å². The van der Waals surface area contributed by atoms with E-state index in [-0.39, 0.29) is 5.12 Å². The van der Waals surface area contributed by atoms with E-state index >= 15 is 0 Å². The predicted molar refractivity (Wildman–Crippen MR) is 54.8 cm³/mol. The second-order valence-corrected chi connectivity index (χ2v) is 3.49. The molecule has 0 aliphatic carbocycles. The summed E-state index contributed by atoms with van der Waals surface area (Å²) in [6, 6.07) is 7.32. The molecule has 0 aliphatic rings. The summed E-state index contributed by atoms with van der Waals surface area (Å²) >= 11 is 3.69. The van der Waals surface area contributed by atoms with Crippen molar-refractivity contribution >= 4 is 17.7 Å². The average molecular weight is 196 g/mol. The van der Waals surface area contributed by atoms with Crippen LogP contribution in [0.3, 0.4) is 0 Å². The van der Waals surface area contributed by atoms with Crippen molar-refractivity contribution in [2.75, 3.05) is 0 Å². The summed E-state index contributed by atoms with van der Waals surface area (Å²) < 4.78 is 0. The standard InChI is InChI=1S/C10H12O2S/c1-7(11)9-4-2-3-8(5-9)6-10(12)13/h2-5,7,11H,6H2,1H3,(H,12,13). The third-order valence-electron chi connectivity index (χ3n) is 1.79. The van der Waals surface area contributed by atoms with Crippen molar-refractivity contribution in [2.45, 2.75) is 19.4 Å². The third kappa shape index (κ3) is 3.20. The number of aliphatic hydroxyl groups excluding tert-OH is 1. The van der Waals surface area contributed by atoms with Gasteiger partial charge in [0, 0.05) is 6.42 Å². The summed E-state index contributed by atoms with van der Waals surface area (Å²) in [5.74, 6) is 0. The number of carbonyl (C=O) groups is 1. The Bertz CT molecular complexity index is 308. The van der Waals surface area contributed by atoms with Gasteiger partial charge in [-0.2, -0.15) is 0 Å². The van der Waals surface area contributed by atoms with Crippen LogP contribution in [0.4, 0.5) is 0 Å². The largest absolute Gasteiger partial charge is 0.389 e. The maximum atomic E-state index is 10.7. The fourth-order valence-corrected chi connectivity index (χ4v) is 1.32. The minimum atomic E-state index is -0.491. The van der Waals surface area contributed by atoms with Gasteiger partial charge in [-0.25, -0.2) is 0 Å². The Kier molecular flexibility index (Phi) is 3.51. The number of rotatable bonds is 3. The van der Waals surface area contributed by atoms with Gasteiger partial charge in [-0.05, 0) is 18.1 Å². The lowest BCUT2D eigenvalue weighted by molar-refractivity contribution is -0.110. The average Bonchev–Trinajstić information content (AvgIpc) is 2.03. The van der Waals surface area contributed by atoms with Gasteiger partial charge in [-0.15, -0.1) is 12.6 Å². The molecule has 0 heterocycles. The summed E-state index contributed by atoms with van der Waals surface area (Å²) in [5, 5.41) is 9.11. The Morgan fingerprint density at radius 2 is 2.31 bits per heavy atom. The van der Waals surface area contributed by atoms with Crippen LogP contribution < -0.4 is 0 Å². The van der Waals surface area contributed by atoms with E-state index < -0.39 is 6.10 Å². The van der Waals surface area contributed by atoms with E-state index in [9.17, 15) is 9.90 Å². The minimum Gasteiger partial charge on any atom is -0.389 e. The highest BCUT2D eigenvalue weighted by Crippen LogP contribution is 2.14. The van der Waals surface area contributed by atoms with Crippen molar-refractivity contribution in [1.82, 2.24) is 0 Å². The molecule has 0 amide bonds. The first-order valence-corrected chi connectivity index (χ1v) is 4.53. The van der Waals surface area contributed by atoms with Crippen LogP contribution in [0.1, 0.15) is 24.2 Å². The van der Waals surface area contributed by atoms with E-state index in [1.165, 1.54) is 0 Å². The van der Waals surface area contributed by atoms with Crippen molar-refractivity contribution in [3.8, 4) is 0 Å². The first-order valence-electron chi connectivity index (χ1n) is 4.08. The Morgan fingerprint density at radius 3 is 2.85 bits per heavy atom. The highest BCUT2D eigenvalue weighted by Gasteiger charge is 2.03. The molecule has 13 heavy (non-hydrogen) atoms. The van der Waals surface area contributed by atoms with Crippen LogP contribution in [0.15, 0.2) is 24.3 Å². The molecule has 3 heteroatoms. The lowest BCUT2D eigenvalue weighted by atomic mass is 10.1. The van der Waals surface area contributed by atoms with Gasteiger partial charge in [0.1, 0.15) is 0 Å². The zero-order valence-corrected chi connectivity index (χ0v) is 8.29. The summed E-state index contributed by atoms with van der Waals surface area (Å²) in [6.07, 6.45) is -0.182. The van der Waals surface area contributed by atoms with Crippen LogP contribution in [-0.4, -0.2) is 10.2 Å². The van der Waals surface area contributed by atoms with Crippen molar-refractivity contribution < 1.29 is 9.90 Å². The van der Waals surface area contributed by atoms with E-state index in [2.05, 4.69) is 12.6 Å². The molecule has 0 radical (unpaired) electrons. The SMILES string of the molecule is CC(O)c1cccc(CC(=O)S)c1. The van der Waals surface area contributed by atoms with Gasteiger partial charge in [0.05, 0.1) is 6.10 Å². The molecule has 1 atom stereocenters. The van der Waals surface area contributed by atoms with Crippen molar-refractivity contribution in [3.63, 3.8) is 0 Å². The third-order valence-corrected chi connectivity index (χ3v) is 1.95. The zero-order chi connectivity index (χ0) is 9.84. The molecule has 0 saturated carbocycles. The fraction of sp³-hybridized carbons (Fsp3) is 0.300. The van der Waals surface area contributed by atoms with Gasteiger partial charge in [-0.3, -0.25) is 4.79 Å². The molecule has 1 aromatic carbocycles. The number of hydrogen-bond donors (Lipinski definition) is 2. The van der Waals surface area contributed by atoms with E-state index in [0.717, 1.165) is 11.1 Å². The summed E-state index contributed by atoms with van der Waals surface area (Å²) in [4.78, 5) is 10.7. The van der Waals surface area contributed by atoms with Crippen molar-refractivity contribution in [2.24, 2.45) is 0 Å². The number of carbonyl (C=O) groups excluding carboxylic acids is 1. The van der Waals surface area contributed by atoms with Gasteiger partial charge in [0.2, 0.25) is 0 Å². The van der Waals surface area contributed by atoms with Crippen LogP contribution in [0.2, 0.25) is 0 Å². The number of benzene rings is 1. The second-order valence-electron chi connectivity index (χ2n) is 2.99. The molecule has 0 bridgehead atoms. The lowest BCUT2D eigenvalue weighted by Crippen LogP contribution is -1.96. The Balaban J connectivity index is 2.85. The number of hydrogen-bond acceptors (Lipinski definition) is 2. The monoisotopic (exact) mass is 196 g/mol. The van der Waals surface area contributed by atoms with E-state index in [4.69, 9.17) is 0 Å². The maximum absolute atomic E-state index is 10.7. The summed E-state index contributed by atoms with van der Waals surface area (Å²) in [7, 11) is 0. The molecule has 0 aromatic heterocycles. The van der Waals surface area contributed by atoms with Gasteiger partial charge < -0.3 is 5.11 Å². The normalized spacial score (nSPS) is 12.5. The fourth-order valence-electron chi connectivity index (χ4n) is 1.14. The summed E-state index contributed by atoms with van der Waals surface area (Å²) in [5.41, 5.74) is 1.71. The van der Waals surface area contributed by atoms with E-state index in [1.54, 1.807) is 6.92 Å². The highest BCUT2D eigenvalue weighted by molar-refractivity contribution is 7.96. The maximum Gasteiger partial charge on any atom is 0.190 e. The Labute approximate surface area is 83.0 Å². The van der Waals surface area contributed by atoms with Crippen LogP contribution in [0.25, 0.3) is 0 Å². The number of aliphatic hydroxyl groups is 1. The smallest absolute Gasteiger partial charge is 0.190 e. The molecule has 70 valence electrons. The summed E-state index contributed by atoms with van der Waals surface area (Å²) in [6.45, 7) is 1.70. The molecule has 1 rings (SSSR count).